The predicted octanol–water partition coefficient (Wildman–Crippen LogP) is 1.67. The summed E-state index contributed by atoms with van der Waals surface area (Å²) in [5, 5.41) is 8.77. The zero-order valence-electron chi connectivity index (χ0n) is 11.6. The molecule has 5 nitrogen and oxygen atoms in total. The largest absolute Gasteiger partial charge is 0.399 e. The molecule has 0 saturated heterocycles. The molecule has 1 rings (SSSR count). The van der Waals surface area contributed by atoms with E-state index in [2.05, 4.69) is 0 Å². The molecule has 0 aliphatic rings. The fourth-order valence-electron chi connectivity index (χ4n) is 1.81. The standard InChI is InChI=1S/C13H19N3O2S/c1-9(7-14)8-16(4)19(17,18)13-6-12(15)5-10(2)11(13)3/h5-6,9H,8,15H2,1-4H3. The summed E-state index contributed by atoms with van der Waals surface area (Å²) in [6, 6.07) is 5.23. The quantitative estimate of drug-likeness (QED) is 0.850. The van der Waals surface area contributed by atoms with E-state index in [0.29, 0.717) is 11.3 Å². The van der Waals surface area contributed by atoms with E-state index in [1.807, 2.05) is 13.0 Å². The van der Waals surface area contributed by atoms with Crippen molar-refractivity contribution in [3.8, 4) is 6.07 Å². The second kappa shape index (κ2) is 5.59. The van der Waals surface area contributed by atoms with Gasteiger partial charge < -0.3 is 5.73 Å². The predicted molar refractivity (Wildman–Crippen MR) is 74.9 cm³/mol. The first kappa shape index (κ1) is 15.5. The van der Waals surface area contributed by atoms with Crippen LogP contribution in [0.3, 0.4) is 0 Å². The summed E-state index contributed by atoms with van der Waals surface area (Å²) in [7, 11) is -2.14. The molecule has 19 heavy (non-hydrogen) atoms. The van der Waals surface area contributed by atoms with Crippen LogP contribution in [0, 0.1) is 31.1 Å². The molecule has 0 radical (unpaired) electrons. The van der Waals surface area contributed by atoms with Gasteiger partial charge in [-0.2, -0.15) is 9.57 Å². The minimum atomic E-state index is -3.62. The monoisotopic (exact) mass is 281 g/mol. The number of aryl methyl sites for hydroxylation is 1. The maximum atomic E-state index is 12.5. The molecule has 1 unspecified atom stereocenters. The van der Waals surface area contributed by atoms with Crippen LogP contribution in [0.2, 0.25) is 0 Å². The Morgan fingerprint density at radius 2 is 2.00 bits per heavy atom. The number of nitriles is 1. The summed E-state index contributed by atoms with van der Waals surface area (Å²) in [6.07, 6.45) is 0. The van der Waals surface area contributed by atoms with E-state index in [1.54, 1.807) is 19.9 Å². The third-order valence-electron chi connectivity index (χ3n) is 3.08. The minimum absolute atomic E-state index is 0.159. The van der Waals surface area contributed by atoms with Gasteiger partial charge in [-0.15, -0.1) is 0 Å². The average Bonchev–Trinajstić information content (AvgIpc) is 2.33. The summed E-state index contributed by atoms with van der Waals surface area (Å²) in [6.45, 7) is 5.42. The molecule has 0 bridgehead atoms. The number of nitrogen functional groups attached to an aromatic ring is 1. The zero-order chi connectivity index (χ0) is 14.8. The van der Waals surface area contributed by atoms with Crippen molar-refractivity contribution in [3.05, 3.63) is 23.3 Å². The molecule has 0 spiro atoms. The molecule has 1 aromatic rings. The summed E-state index contributed by atoms with van der Waals surface area (Å²) in [5.74, 6) is -0.359. The molecule has 104 valence electrons. The minimum Gasteiger partial charge on any atom is -0.399 e. The van der Waals surface area contributed by atoms with Crippen molar-refractivity contribution in [2.75, 3.05) is 19.3 Å². The Bertz CT molecular complexity index is 618. The van der Waals surface area contributed by atoms with Crippen LogP contribution in [-0.4, -0.2) is 26.3 Å². The molecule has 2 N–H and O–H groups in total. The summed E-state index contributed by atoms with van der Waals surface area (Å²) >= 11 is 0. The first-order chi connectivity index (χ1) is 8.70. The summed E-state index contributed by atoms with van der Waals surface area (Å²) < 4.78 is 26.1. The highest BCUT2D eigenvalue weighted by Crippen LogP contribution is 2.25. The van der Waals surface area contributed by atoms with Crippen molar-refractivity contribution in [3.63, 3.8) is 0 Å². The van der Waals surface area contributed by atoms with Crippen LogP contribution in [-0.2, 0) is 10.0 Å². The van der Waals surface area contributed by atoms with Gasteiger partial charge in [-0.3, -0.25) is 0 Å². The van der Waals surface area contributed by atoms with Crippen molar-refractivity contribution in [1.29, 1.82) is 5.26 Å². The Kier molecular flexibility index (Phi) is 4.56. The van der Waals surface area contributed by atoms with Crippen LogP contribution in [0.25, 0.3) is 0 Å². The lowest BCUT2D eigenvalue weighted by Gasteiger charge is -2.20. The molecule has 6 heteroatoms. The molecule has 0 aliphatic carbocycles. The van der Waals surface area contributed by atoms with Gasteiger partial charge in [0.1, 0.15) is 0 Å². The highest BCUT2D eigenvalue weighted by Gasteiger charge is 2.25. The molecule has 1 aromatic carbocycles. The van der Waals surface area contributed by atoms with E-state index < -0.39 is 10.0 Å². The molecule has 0 aromatic heterocycles. The Hall–Kier alpha value is -1.58. The molecule has 0 saturated carbocycles. The number of hydrogen-bond acceptors (Lipinski definition) is 4. The number of nitrogens with zero attached hydrogens (tertiary/aromatic N) is 2. The Morgan fingerprint density at radius 1 is 1.42 bits per heavy atom. The average molecular weight is 281 g/mol. The molecule has 0 heterocycles. The number of rotatable bonds is 4. The fourth-order valence-corrected chi connectivity index (χ4v) is 3.40. The van der Waals surface area contributed by atoms with Crippen LogP contribution < -0.4 is 5.73 Å². The van der Waals surface area contributed by atoms with Crippen molar-refractivity contribution in [2.45, 2.75) is 25.7 Å². The highest BCUT2D eigenvalue weighted by atomic mass is 32.2. The van der Waals surface area contributed by atoms with Gasteiger partial charge in [-0.25, -0.2) is 8.42 Å². The molecule has 0 fully saturated rings. The van der Waals surface area contributed by atoms with Crippen LogP contribution in [0.4, 0.5) is 5.69 Å². The van der Waals surface area contributed by atoms with Gasteiger partial charge in [0.05, 0.1) is 16.9 Å². The fraction of sp³-hybridized carbons (Fsp3) is 0.462. The number of anilines is 1. The molecular weight excluding hydrogens is 262 g/mol. The Labute approximate surface area is 114 Å². The van der Waals surface area contributed by atoms with Crippen LogP contribution in [0.15, 0.2) is 17.0 Å². The first-order valence-electron chi connectivity index (χ1n) is 5.92. The maximum Gasteiger partial charge on any atom is 0.243 e. The van der Waals surface area contributed by atoms with Crippen LogP contribution in [0.1, 0.15) is 18.1 Å². The molecule has 0 aliphatic heterocycles. The van der Waals surface area contributed by atoms with Gasteiger partial charge in [0.25, 0.3) is 0 Å². The van der Waals surface area contributed by atoms with E-state index in [1.165, 1.54) is 17.4 Å². The summed E-state index contributed by atoms with van der Waals surface area (Å²) in [4.78, 5) is 0.206. The molecule has 0 amide bonds. The smallest absolute Gasteiger partial charge is 0.243 e. The summed E-state index contributed by atoms with van der Waals surface area (Å²) in [5.41, 5.74) is 7.66. The van der Waals surface area contributed by atoms with Crippen LogP contribution >= 0.6 is 0 Å². The number of sulfonamides is 1. The number of hydrogen-bond donors (Lipinski definition) is 1. The van der Waals surface area contributed by atoms with E-state index in [-0.39, 0.29) is 17.4 Å². The van der Waals surface area contributed by atoms with Gasteiger partial charge in [0.15, 0.2) is 0 Å². The number of nitrogens with two attached hydrogens (primary N) is 1. The Morgan fingerprint density at radius 3 is 2.53 bits per heavy atom. The van der Waals surface area contributed by atoms with E-state index in [4.69, 9.17) is 11.0 Å². The maximum absolute atomic E-state index is 12.5. The molecule has 1 atom stereocenters. The van der Waals surface area contributed by atoms with Crippen molar-refractivity contribution >= 4 is 15.7 Å². The molecular formula is C13H19N3O2S. The lowest BCUT2D eigenvalue weighted by Crippen LogP contribution is -2.31. The van der Waals surface area contributed by atoms with Crippen LogP contribution in [0.5, 0.6) is 0 Å². The van der Waals surface area contributed by atoms with E-state index in [0.717, 1.165) is 5.56 Å². The van der Waals surface area contributed by atoms with E-state index >= 15 is 0 Å². The number of benzene rings is 1. The normalized spacial score (nSPS) is 13.3. The lowest BCUT2D eigenvalue weighted by molar-refractivity contribution is 0.439. The lowest BCUT2D eigenvalue weighted by atomic mass is 10.1. The third kappa shape index (κ3) is 3.25. The van der Waals surface area contributed by atoms with Gasteiger partial charge in [-0.1, -0.05) is 0 Å². The highest BCUT2D eigenvalue weighted by molar-refractivity contribution is 7.89. The Balaban J connectivity index is 3.25. The van der Waals surface area contributed by atoms with Crippen molar-refractivity contribution in [1.82, 2.24) is 4.31 Å². The van der Waals surface area contributed by atoms with Gasteiger partial charge in [0, 0.05) is 19.3 Å². The SMILES string of the molecule is Cc1cc(N)cc(S(=O)(=O)N(C)CC(C)C#N)c1C. The van der Waals surface area contributed by atoms with E-state index in [9.17, 15) is 8.42 Å². The van der Waals surface area contributed by atoms with Gasteiger partial charge >= 0.3 is 0 Å². The van der Waals surface area contributed by atoms with Gasteiger partial charge in [0.2, 0.25) is 10.0 Å². The second-order valence-electron chi connectivity index (χ2n) is 4.78. The third-order valence-corrected chi connectivity index (χ3v) is 5.03. The second-order valence-corrected chi connectivity index (χ2v) is 6.79. The van der Waals surface area contributed by atoms with Gasteiger partial charge in [-0.05, 0) is 44.0 Å². The first-order valence-corrected chi connectivity index (χ1v) is 7.36. The zero-order valence-corrected chi connectivity index (χ0v) is 12.5. The van der Waals surface area contributed by atoms with Crippen molar-refractivity contribution < 1.29 is 8.42 Å². The van der Waals surface area contributed by atoms with Crippen molar-refractivity contribution in [2.24, 2.45) is 5.92 Å². The topological polar surface area (TPSA) is 87.2 Å².